The first-order chi connectivity index (χ1) is 16.1. The summed E-state index contributed by atoms with van der Waals surface area (Å²) in [6.45, 7) is 2.62. The monoisotopic (exact) mass is 457 g/mol. The summed E-state index contributed by atoms with van der Waals surface area (Å²) < 4.78 is 7.60. The van der Waals surface area contributed by atoms with Crippen molar-refractivity contribution in [2.24, 2.45) is 0 Å². The number of nitrogens with one attached hydrogen (secondary N) is 1. The van der Waals surface area contributed by atoms with Gasteiger partial charge in [0.15, 0.2) is 0 Å². The molecule has 7 nitrogen and oxygen atoms in total. The van der Waals surface area contributed by atoms with Gasteiger partial charge in [0, 0.05) is 44.7 Å². The maximum Gasteiger partial charge on any atom is 0.259 e. The predicted molar refractivity (Wildman–Crippen MR) is 128 cm³/mol. The minimum atomic E-state index is -0.448. The number of rotatable bonds is 5. The van der Waals surface area contributed by atoms with Gasteiger partial charge in [-0.2, -0.15) is 0 Å². The molecule has 2 amide bonds. The Kier molecular flexibility index (Phi) is 8.59. The van der Waals surface area contributed by atoms with Crippen molar-refractivity contribution in [2.45, 2.75) is 102 Å². The summed E-state index contributed by atoms with van der Waals surface area (Å²) in [5.74, 6) is -0.597. The molecule has 1 aliphatic carbocycles. The van der Waals surface area contributed by atoms with Gasteiger partial charge in [0.1, 0.15) is 11.1 Å². The van der Waals surface area contributed by atoms with Crippen LogP contribution in [0, 0.1) is 0 Å². The van der Waals surface area contributed by atoms with Crippen molar-refractivity contribution in [3.63, 3.8) is 0 Å². The molecular weight excluding hydrogens is 418 g/mol. The number of hydrogen-bond donors (Lipinski definition) is 1. The van der Waals surface area contributed by atoms with E-state index >= 15 is 0 Å². The van der Waals surface area contributed by atoms with Gasteiger partial charge in [-0.25, -0.2) is 0 Å². The van der Waals surface area contributed by atoms with E-state index in [-0.39, 0.29) is 35.1 Å². The smallest absolute Gasteiger partial charge is 0.259 e. The highest BCUT2D eigenvalue weighted by molar-refractivity contribution is 5.99. The quantitative estimate of drug-likeness (QED) is 0.728. The number of ether oxygens (including phenoxy) is 1. The molecule has 0 unspecified atom stereocenters. The van der Waals surface area contributed by atoms with Crippen molar-refractivity contribution >= 4 is 11.8 Å². The molecule has 3 heterocycles. The topological polar surface area (TPSA) is 80.6 Å². The van der Waals surface area contributed by atoms with Crippen LogP contribution in [0.25, 0.3) is 0 Å². The molecular formula is C26H39N3O4. The number of hydrogen-bond acceptors (Lipinski definition) is 4. The van der Waals surface area contributed by atoms with Crippen LogP contribution in [-0.2, 0) is 11.3 Å². The molecule has 1 saturated carbocycles. The Morgan fingerprint density at radius 1 is 0.848 bits per heavy atom. The molecule has 0 bridgehead atoms. The molecule has 2 aliphatic heterocycles. The van der Waals surface area contributed by atoms with Gasteiger partial charge in [-0.05, 0) is 38.5 Å². The van der Waals surface area contributed by atoms with Crippen molar-refractivity contribution in [3.8, 4) is 0 Å². The average Bonchev–Trinajstić information content (AvgIpc) is 3.14. The highest BCUT2D eigenvalue weighted by Crippen LogP contribution is 2.19. The Morgan fingerprint density at radius 3 is 2.15 bits per heavy atom. The predicted octanol–water partition coefficient (Wildman–Crippen LogP) is 3.89. The average molecular weight is 458 g/mol. The SMILES string of the molecule is O=C(NC1CCCCCCC1)c1cn(C[C@@H]2CCCO2)cc(C(=O)N2CCCCCC2)c1=O. The molecule has 0 radical (unpaired) electrons. The lowest BCUT2D eigenvalue weighted by Gasteiger charge is -2.23. The van der Waals surface area contributed by atoms with Gasteiger partial charge in [0.2, 0.25) is 5.43 Å². The lowest BCUT2D eigenvalue weighted by Crippen LogP contribution is -2.41. The number of amides is 2. The Morgan fingerprint density at radius 2 is 1.48 bits per heavy atom. The van der Waals surface area contributed by atoms with E-state index in [1.54, 1.807) is 17.3 Å². The van der Waals surface area contributed by atoms with E-state index in [2.05, 4.69) is 5.32 Å². The third kappa shape index (κ3) is 6.46. The van der Waals surface area contributed by atoms with Crippen LogP contribution in [-0.4, -0.2) is 53.1 Å². The van der Waals surface area contributed by atoms with Crippen molar-refractivity contribution < 1.29 is 14.3 Å². The third-order valence-corrected chi connectivity index (χ3v) is 7.33. The third-order valence-electron chi connectivity index (χ3n) is 7.33. The van der Waals surface area contributed by atoms with Gasteiger partial charge in [-0.3, -0.25) is 14.4 Å². The first kappa shape index (κ1) is 24.0. The second kappa shape index (κ2) is 11.8. The summed E-state index contributed by atoms with van der Waals surface area (Å²) in [7, 11) is 0. The fraction of sp³-hybridized carbons (Fsp3) is 0.731. The van der Waals surface area contributed by atoms with Crippen LogP contribution in [0.2, 0.25) is 0 Å². The number of pyridine rings is 1. The lowest BCUT2D eigenvalue weighted by molar-refractivity contribution is 0.0756. The number of aromatic nitrogens is 1. The van der Waals surface area contributed by atoms with Crippen molar-refractivity contribution in [2.75, 3.05) is 19.7 Å². The fourth-order valence-electron chi connectivity index (χ4n) is 5.38. The minimum absolute atomic E-state index is 0.0511. The summed E-state index contributed by atoms with van der Waals surface area (Å²) in [5.41, 5.74) is -0.257. The van der Waals surface area contributed by atoms with Crippen LogP contribution in [0.3, 0.4) is 0 Å². The largest absolute Gasteiger partial charge is 0.376 e. The van der Waals surface area contributed by atoms with E-state index in [9.17, 15) is 14.4 Å². The van der Waals surface area contributed by atoms with Gasteiger partial charge >= 0.3 is 0 Å². The summed E-state index contributed by atoms with van der Waals surface area (Å²) in [6, 6.07) is 0.0915. The first-order valence-electron chi connectivity index (χ1n) is 13.1. The number of carbonyl (C=O) groups is 2. The van der Waals surface area contributed by atoms with Crippen molar-refractivity contribution in [3.05, 3.63) is 33.7 Å². The van der Waals surface area contributed by atoms with Gasteiger partial charge in [-0.1, -0.05) is 44.9 Å². The summed E-state index contributed by atoms with van der Waals surface area (Å²) in [4.78, 5) is 41.8. The maximum atomic E-state index is 13.4. The summed E-state index contributed by atoms with van der Waals surface area (Å²) >= 11 is 0. The highest BCUT2D eigenvalue weighted by atomic mass is 16.5. The van der Waals surface area contributed by atoms with Crippen LogP contribution >= 0.6 is 0 Å². The Labute approximate surface area is 196 Å². The highest BCUT2D eigenvalue weighted by Gasteiger charge is 2.26. The zero-order valence-corrected chi connectivity index (χ0v) is 19.9. The second-order valence-corrected chi connectivity index (χ2v) is 9.97. The van der Waals surface area contributed by atoms with Crippen LogP contribution in [0.15, 0.2) is 17.2 Å². The van der Waals surface area contributed by atoms with E-state index in [1.165, 1.54) is 19.3 Å². The van der Waals surface area contributed by atoms with E-state index in [1.807, 2.05) is 4.57 Å². The molecule has 7 heteroatoms. The molecule has 4 rings (SSSR count). The Hall–Kier alpha value is -2.15. The molecule has 3 aliphatic rings. The fourth-order valence-corrected chi connectivity index (χ4v) is 5.38. The molecule has 1 aromatic rings. The van der Waals surface area contributed by atoms with Crippen molar-refractivity contribution in [1.29, 1.82) is 0 Å². The molecule has 0 aromatic carbocycles. The molecule has 1 aromatic heterocycles. The maximum absolute atomic E-state index is 13.4. The van der Waals surface area contributed by atoms with E-state index in [0.717, 1.165) is 70.8 Å². The zero-order valence-electron chi connectivity index (χ0n) is 19.9. The number of likely N-dealkylation sites (tertiary alicyclic amines) is 1. The molecule has 0 spiro atoms. The zero-order chi connectivity index (χ0) is 23.0. The first-order valence-corrected chi connectivity index (χ1v) is 13.1. The molecule has 1 atom stereocenters. The Balaban J connectivity index is 1.59. The molecule has 2 saturated heterocycles. The summed E-state index contributed by atoms with van der Waals surface area (Å²) in [5, 5.41) is 3.11. The normalized spacial score (nSPS) is 22.9. The van der Waals surface area contributed by atoms with E-state index in [0.29, 0.717) is 19.6 Å². The van der Waals surface area contributed by atoms with Gasteiger partial charge < -0.3 is 19.5 Å². The van der Waals surface area contributed by atoms with Crippen LogP contribution in [0.4, 0.5) is 0 Å². The number of carbonyl (C=O) groups excluding carboxylic acids is 2. The minimum Gasteiger partial charge on any atom is -0.376 e. The molecule has 33 heavy (non-hydrogen) atoms. The van der Waals surface area contributed by atoms with Gasteiger partial charge in [-0.15, -0.1) is 0 Å². The molecule has 182 valence electrons. The van der Waals surface area contributed by atoms with E-state index < -0.39 is 5.43 Å². The standard InChI is InChI=1S/C26H39N3O4/c30-24-22(25(31)27-20-11-6-2-1-3-7-12-20)18-28(17-21-13-10-16-33-21)19-23(24)26(32)29-14-8-4-5-9-15-29/h18-21H,1-17H2,(H,27,31)/t21-/m0/s1. The van der Waals surface area contributed by atoms with Crippen molar-refractivity contribution in [1.82, 2.24) is 14.8 Å². The second-order valence-electron chi connectivity index (χ2n) is 9.97. The number of nitrogens with zero attached hydrogens (tertiary/aromatic N) is 2. The van der Waals surface area contributed by atoms with E-state index in [4.69, 9.17) is 4.74 Å². The van der Waals surface area contributed by atoms with Crippen LogP contribution < -0.4 is 10.7 Å². The van der Waals surface area contributed by atoms with Crippen LogP contribution in [0.1, 0.15) is 104 Å². The van der Waals surface area contributed by atoms with Crippen LogP contribution in [0.5, 0.6) is 0 Å². The molecule has 1 N–H and O–H groups in total. The summed E-state index contributed by atoms with van der Waals surface area (Å²) in [6.07, 6.45) is 17.2. The molecule has 3 fully saturated rings. The Bertz CT molecular complexity index is 859. The van der Waals surface area contributed by atoms with Gasteiger partial charge in [0.05, 0.1) is 6.10 Å². The van der Waals surface area contributed by atoms with Gasteiger partial charge in [0.25, 0.3) is 11.8 Å². The lowest BCUT2D eigenvalue weighted by atomic mass is 9.96.